The topological polar surface area (TPSA) is 59.2 Å². The van der Waals surface area contributed by atoms with Crippen molar-refractivity contribution in [1.82, 2.24) is 24.3 Å². The van der Waals surface area contributed by atoms with Gasteiger partial charge in [-0.25, -0.2) is 15.0 Å². The number of pyridine rings is 2. The van der Waals surface area contributed by atoms with Crippen LogP contribution in [0.15, 0.2) is 48.9 Å². The number of hydrogen-bond donors (Lipinski definition) is 0. The Kier molecular flexibility index (Phi) is 5.29. The Bertz CT molecular complexity index is 1280. The number of aromatic nitrogens is 5. The summed E-state index contributed by atoms with van der Waals surface area (Å²) >= 11 is 0. The third-order valence-corrected chi connectivity index (χ3v) is 6.76. The molecule has 6 rings (SSSR count). The van der Waals surface area contributed by atoms with E-state index in [4.69, 9.17) is 15.0 Å². The summed E-state index contributed by atoms with van der Waals surface area (Å²) in [5.74, 6) is 2.65. The molecule has 2 aliphatic rings. The van der Waals surface area contributed by atoms with Crippen LogP contribution in [0.2, 0.25) is 0 Å². The fourth-order valence-electron chi connectivity index (χ4n) is 4.93. The van der Waals surface area contributed by atoms with Crippen LogP contribution in [0.4, 0.5) is 5.82 Å². The minimum atomic E-state index is 0.676. The molecule has 33 heavy (non-hydrogen) atoms. The fourth-order valence-corrected chi connectivity index (χ4v) is 4.93. The van der Waals surface area contributed by atoms with Gasteiger partial charge in [0.25, 0.3) is 0 Å². The van der Waals surface area contributed by atoms with E-state index in [0.29, 0.717) is 6.42 Å². The van der Waals surface area contributed by atoms with Crippen LogP contribution < -0.4 is 4.90 Å². The standard InChI is InChI=1S/C27H30N6/c1-19-13-22(21-5-6-21)16-24(29-19)17-25-30-23(18-27(31-25)32-9-3-2-4-10-32)14-20-7-11-33-12-8-28-26(33)15-20/h7-8,11-13,15-16,18,21H,2-6,9-10,14,17H2,1H3. The van der Waals surface area contributed by atoms with Crippen LogP contribution >= 0.6 is 0 Å². The maximum atomic E-state index is 5.01. The van der Waals surface area contributed by atoms with Gasteiger partial charge in [0.1, 0.15) is 17.3 Å². The molecular weight excluding hydrogens is 408 g/mol. The van der Waals surface area contributed by atoms with Gasteiger partial charge in [0.2, 0.25) is 0 Å². The quantitative estimate of drug-likeness (QED) is 0.430. The van der Waals surface area contributed by atoms with Gasteiger partial charge < -0.3 is 9.30 Å². The number of imidazole rings is 1. The molecule has 1 saturated carbocycles. The van der Waals surface area contributed by atoms with Crippen LogP contribution in [-0.2, 0) is 12.8 Å². The molecular formula is C27H30N6. The van der Waals surface area contributed by atoms with Gasteiger partial charge in [0.05, 0.1) is 12.1 Å². The molecule has 0 radical (unpaired) electrons. The van der Waals surface area contributed by atoms with Gasteiger partial charge in [-0.3, -0.25) is 4.98 Å². The predicted molar refractivity (Wildman–Crippen MR) is 130 cm³/mol. The second-order valence-corrected chi connectivity index (χ2v) is 9.57. The molecule has 0 spiro atoms. The molecule has 0 N–H and O–H groups in total. The Morgan fingerprint density at radius 1 is 0.879 bits per heavy atom. The minimum absolute atomic E-state index is 0.676. The van der Waals surface area contributed by atoms with Crippen molar-refractivity contribution in [1.29, 1.82) is 0 Å². The van der Waals surface area contributed by atoms with E-state index < -0.39 is 0 Å². The first-order valence-corrected chi connectivity index (χ1v) is 12.2. The van der Waals surface area contributed by atoms with Gasteiger partial charge >= 0.3 is 0 Å². The highest BCUT2D eigenvalue weighted by atomic mass is 15.2. The summed E-state index contributed by atoms with van der Waals surface area (Å²) in [7, 11) is 0. The van der Waals surface area contributed by atoms with E-state index in [0.717, 1.165) is 59.8 Å². The maximum Gasteiger partial charge on any atom is 0.136 e. The average molecular weight is 439 g/mol. The molecule has 0 unspecified atom stereocenters. The molecule has 1 aliphatic heterocycles. The molecule has 6 heteroatoms. The monoisotopic (exact) mass is 438 g/mol. The first-order chi connectivity index (χ1) is 16.2. The molecule has 1 aliphatic carbocycles. The van der Waals surface area contributed by atoms with E-state index in [1.54, 1.807) is 0 Å². The summed E-state index contributed by atoms with van der Waals surface area (Å²) < 4.78 is 2.04. The first-order valence-electron chi connectivity index (χ1n) is 12.2. The zero-order valence-corrected chi connectivity index (χ0v) is 19.2. The molecule has 4 aromatic rings. The number of rotatable bonds is 6. The zero-order valence-electron chi connectivity index (χ0n) is 19.2. The molecule has 0 aromatic carbocycles. The van der Waals surface area contributed by atoms with Crippen LogP contribution in [0.5, 0.6) is 0 Å². The van der Waals surface area contributed by atoms with Crippen LogP contribution in [-0.4, -0.2) is 37.4 Å². The highest BCUT2D eigenvalue weighted by Crippen LogP contribution is 2.40. The largest absolute Gasteiger partial charge is 0.357 e. The van der Waals surface area contributed by atoms with Crippen LogP contribution in [0.3, 0.4) is 0 Å². The highest BCUT2D eigenvalue weighted by molar-refractivity contribution is 5.45. The SMILES string of the molecule is Cc1cc(C2CC2)cc(Cc2nc(Cc3ccn4ccnc4c3)cc(N3CCCCC3)n2)n1. The van der Waals surface area contributed by atoms with Gasteiger partial charge in [0, 0.05) is 55.6 Å². The lowest BCUT2D eigenvalue weighted by atomic mass is 10.1. The molecule has 4 aromatic heterocycles. The third kappa shape index (κ3) is 4.61. The molecule has 2 fully saturated rings. The first kappa shape index (κ1) is 20.3. The summed E-state index contributed by atoms with van der Waals surface area (Å²) in [6, 6.07) is 11.0. The van der Waals surface area contributed by atoms with E-state index in [2.05, 4.69) is 53.3 Å². The summed E-state index contributed by atoms with van der Waals surface area (Å²) in [5.41, 5.74) is 6.85. The van der Waals surface area contributed by atoms with E-state index in [9.17, 15) is 0 Å². The Morgan fingerprint density at radius 2 is 1.73 bits per heavy atom. The number of fused-ring (bicyclic) bond motifs is 1. The molecule has 6 nitrogen and oxygen atoms in total. The van der Waals surface area contributed by atoms with Crippen LogP contribution in [0.1, 0.15) is 72.1 Å². The smallest absolute Gasteiger partial charge is 0.136 e. The third-order valence-electron chi connectivity index (χ3n) is 6.76. The molecule has 1 saturated heterocycles. The van der Waals surface area contributed by atoms with Crippen LogP contribution in [0, 0.1) is 6.92 Å². The lowest BCUT2D eigenvalue weighted by Crippen LogP contribution is -2.30. The summed E-state index contributed by atoms with van der Waals surface area (Å²) in [6.07, 6.45) is 13.7. The molecule has 0 atom stereocenters. The van der Waals surface area contributed by atoms with Gasteiger partial charge in [-0.1, -0.05) is 0 Å². The lowest BCUT2D eigenvalue weighted by Gasteiger charge is -2.28. The van der Waals surface area contributed by atoms with Gasteiger partial charge in [-0.05, 0) is 80.3 Å². The second-order valence-electron chi connectivity index (χ2n) is 9.57. The highest BCUT2D eigenvalue weighted by Gasteiger charge is 2.24. The van der Waals surface area contributed by atoms with Crippen molar-refractivity contribution >= 4 is 11.5 Å². The lowest BCUT2D eigenvalue weighted by molar-refractivity contribution is 0.571. The van der Waals surface area contributed by atoms with E-state index in [1.807, 2.05) is 16.8 Å². The summed E-state index contributed by atoms with van der Waals surface area (Å²) in [4.78, 5) is 21.7. The molecule has 5 heterocycles. The predicted octanol–water partition coefficient (Wildman–Crippen LogP) is 4.88. The Morgan fingerprint density at radius 3 is 2.58 bits per heavy atom. The fraction of sp³-hybridized carbons (Fsp3) is 0.407. The molecule has 0 amide bonds. The van der Waals surface area contributed by atoms with E-state index in [1.165, 1.54) is 43.2 Å². The van der Waals surface area contributed by atoms with E-state index >= 15 is 0 Å². The number of aryl methyl sites for hydroxylation is 1. The van der Waals surface area contributed by atoms with Crippen molar-refractivity contribution in [3.63, 3.8) is 0 Å². The molecule has 0 bridgehead atoms. The second kappa shape index (κ2) is 8.58. The number of nitrogens with zero attached hydrogens (tertiary/aromatic N) is 6. The van der Waals surface area contributed by atoms with Crippen molar-refractivity contribution in [2.24, 2.45) is 0 Å². The number of hydrogen-bond acceptors (Lipinski definition) is 5. The van der Waals surface area contributed by atoms with Crippen molar-refractivity contribution in [2.45, 2.75) is 57.8 Å². The van der Waals surface area contributed by atoms with Gasteiger partial charge in [-0.15, -0.1) is 0 Å². The molecule has 168 valence electrons. The normalized spacial score (nSPS) is 16.5. The van der Waals surface area contributed by atoms with Crippen molar-refractivity contribution in [3.05, 3.63) is 83.0 Å². The van der Waals surface area contributed by atoms with Crippen LogP contribution in [0.25, 0.3) is 5.65 Å². The van der Waals surface area contributed by atoms with Crippen molar-refractivity contribution < 1.29 is 0 Å². The maximum absolute atomic E-state index is 5.01. The Hall–Kier alpha value is -3.28. The van der Waals surface area contributed by atoms with Gasteiger partial charge in [0.15, 0.2) is 0 Å². The Balaban J connectivity index is 1.33. The van der Waals surface area contributed by atoms with Crippen molar-refractivity contribution in [2.75, 3.05) is 18.0 Å². The summed E-state index contributed by atoms with van der Waals surface area (Å²) in [6.45, 7) is 4.24. The average Bonchev–Trinajstić information content (AvgIpc) is 3.57. The summed E-state index contributed by atoms with van der Waals surface area (Å²) in [5, 5.41) is 0. The minimum Gasteiger partial charge on any atom is -0.357 e. The zero-order chi connectivity index (χ0) is 22.2. The van der Waals surface area contributed by atoms with Gasteiger partial charge in [-0.2, -0.15) is 0 Å². The Labute approximate surface area is 194 Å². The number of piperidine rings is 1. The van der Waals surface area contributed by atoms with E-state index in [-0.39, 0.29) is 0 Å². The van der Waals surface area contributed by atoms with Crippen molar-refractivity contribution in [3.8, 4) is 0 Å². The number of anilines is 1.